The summed E-state index contributed by atoms with van der Waals surface area (Å²) in [7, 11) is 2.14. The molecule has 2 aromatic rings. The van der Waals surface area contributed by atoms with E-state index in [-0.39, 0.29) is 18.4 Å². The third kappa shape index (κ3) is 5.55. The molecule has 1 amide bonds. The Kier molecular flexibility index (Phi) is 7.97. The minimum Gasteiger partial charge on any atom is -0.490 e. The zero-order valence-electron chi connectivity index (χ0n) is 23.9. The van der Waals surface area contributed by atoms with Gasteiger partial charge in [0.2, 0.25) is 5.91 Å². The van der Waals surface area contributed by atoms with Gasteiger partial charge in [-0.05, 0) is 57.5 Å². The molecule has 10 nitrogen and oxygen atoms in total. The molecule has 6 rings (SSSR count). The predicted octanol–water partition coefficient (Wildman–Crippen LogP) is 2.82. The molecule has 2 saturated heterocycles. The summed E-state index contributed by atoms with van der Waals surface area (Å²) in [4.78, 5) is 31.3. The van der Waals surface area contributed by atoms with Crippen LogP contribution in [-0.4, -0.2) is 96.8 Å². The van der Waals surface area contributed by atoms with Crippen LogP contribution < -0.4 is 19.3 Å². The molecule has 1 aromatic heterocycles. The first-order valence-corrected chi connectivity index (χ1v) is 14.8. The number of rotatable bonds is 7. The number of nitrogens with zero attached hydrogens (tertiary/aromatic N) is 7. The molecule has 3 unspecified atom stereocenters. The summed E-state index contributed by atoms with van der Waals surface area (Å²) >= 11 is 0. The van der Waals surface area contributed by atoms with Crippen molar-refractivity contribution in [1.82, 2.24) is 19.8 Å². The van der Waals surface area contributed by atoms with Crippen LogP contribution in [0.1, 0.15) is 36.9 Å². The van der Waals surface area contributed by atoms with Crippen LogP contribution in [0.4, 0.5) is 11.5 Å². The highest BCUT2D eigenvalue weighted by atomic mass is 16.5. The van der Waals surface area contributed by atoms with Gasteiger partial charge in [0.05, 0.1) is 36.5 Å². The van der Waals surface area contributed by atoms with Gasteiger partial charge >= 0.3 is 6.01 Å². The van der Waals surface area contributed by atoms with Gasteiger partial charge in [-0.3, -0.25) is 4.79 Å². The second kappa shape index (κ2) is 12.0. The average molecular weight is 558 g/mol. The summed E-state index contributed by atoms with van der Waals surface area (Å²) in [6.45, 7) is 8.52. The maximum absolute atomic E-state index is 12.5. The van der Waals surface area contributed by atoms with E-state index in [1.165, 1.54) is 12.5 Å². The smallest absolute Gasteiger partial charge is 0.318 e. The second-order valence-electron chi connectivity index (χ2n) is 11.4. The number of nitriles is 1. The Labute approximate surface area is 242 Å². The van der Waals surface area contributed by atoms with Crippen LogP contribution in [0.3, 0.4) is 0 Å². The summed E-state index contributed by atoms with van der Waals surface area (Å²) in [5, 5.41) is 9.51. The summed E-state index contributed by atoms with van der Waals surface area (Å²) < 4.78 is 12.2. The molecule has 41 heavy (non-hydrogen) atoms. The molecule has 4 heterocycles. The van der Waals surface area contributed by atoms with Crippen molar-refractivity contribution in [3.8, 4) is 17.8 Å². The van der Waals surface area contributed by atoms with Crippen LogP contribution in [0, 0.1) is 11.3 Å². The summed E-state index contributed by atoms with van der Waals surface area (Å²) in [6, 6.07) is 11.4. The van der Waals surface area contributed by atoms with Gasteiger partial charge in [-0.25, -0.2) is 0 Å². The summed E-state index contributed by atoms with van der Waals surface area (Å²) in [5.74, 6) is 1.69. The van der Waals surface area contributed by atoms with Crippen molar-refractivity contribution < 1.29 is 14.3 Å². The molecule has 1 aliphatic carbocycles. The van der Waals surface area contributed by atoms with Crippen LogP contribution in [0.15, 0.2) is 36.9 Å². The van der Waals surface area contributed by atoms with Crippen molar-refractivity contribution in [1.29, 1.82) is 5.26 Å². The van der Waals surface area contributed by atoms with Crippen LogP contribution >= 0.6 is 0 Å². The molecule has 3 aliphatic heterocycles. The highest BCUT2D eigenvalue weighted by Gasteiger charge is 2.35. The normalized spacial score (nSPS) is 24.2. The number of amides is 1. The van der Waals surface area contributed by atoms with E-state index in [0.717, 1.165) is 67.3 Å². The summed E-state index contributed by atoms with van der Waals surface area (Å²) in [6.07, 6.45) is 6.53. The number of para-hydroxylation sites is 2. The Hall–Kier alpha value is -3.84. The van der Waals surface area contributed by atoms with E-state index in [0.29, 0.717) is 50.9 Å². The standard InChI is InChI=1S/C31H39N7O3/c1-3-29(39)38-16-15-36(20-23(38)12-13-32)30-25-11-10-22(37-17-18-40-28-9-5-4-8-27(28)37)19-26(25)33-31(34-30)41-21-24-7-6-14-35(24)2/h3-5,8-9,22-24H,1,6-7,10-12,14-21H2,2H3. The van der Waals surface area contributed by atoms with Crippen molar-refractivity contribution in [3.05, 3.63) is 48.2 Å². The van der Waals surface area contributed by atoms with Gasteiger partial charge in [0, 0.05) is 43.7 Å². The Morgan fingerprint density at radius 3 is 2.88 bits per heavy atom. The Morgan fingerprint density at radius 1 is 1.20 bits per heavy atom. The molecule has 0 N–H and O–H groups in total. The molecule has 0 spiro atoms. The third-order valence-corrected chi connectivity index (χ3v) is 9.06. The predicted molar refractivity (Wildman–Crippen MR) is 156 cm³/mol. The number of likely N-dealkylation sites (tertiary alicyclic amines) is 1. The maximum atomic E-state index is 12.5. The molecule has 0 radical (unpaired) electrons. The number of fused-ring (bicyclic) bond motifs is 2. The molecule has 10 heteroatoms. The molecular formula is C31H39N7O3. The first kappa shape index (κ1) is 27.3. The SMILES string of the molecule is C=CC(=O)N1CCN(c2nc(OCC3CCCN3C)nc3c2CCC(N2CCOc4ccccc42)C3)CC1CC#N. The minimum atomic E-state index is -0.220. The minimum absolute atomic E-state index is 0.132. The molecule has 0 bridgehead atoms. The van der Waals surface area contributed by atoms with Gasteiger partial charge in [0.15, 0.2) is 0 Å². The van der Waals surface area contributed by atoms with E-state index in [1.807, 2.05) is 12.1 Å². The molecule has 2 fully saturated rings. The van der Waals surface area contributed by atoms with E-state index in [9.17, 15) is 10.1 Å². The zero-order valence-corrected chi connectivity index (χ0v) is 23.9. The lowest BCUT2D eigenvalue weighted by molar-refractivity contribution is -0.128. The Bertz CT molecular complexity index is 1330. The number of carbonyl (C=O) groups is 1. The monoisotopic (exact) mass is 557 g/mol. The lowest BCUT2D eigenvalue weighted by Crippen LogP contribution is -2.55. The highest BCUT2D eigenvalue weighted by molar-refractivity contribution is 5.87. The van der Waals surface area contributed by atoms with E-state index in [1.54, 1.807) is 4.90 Å². The maximum Gasteiger partial charge on any atom is 0.318 e. The number of ether oxygens (including phenoxy) is 2. The zero-order chi connectivity index (χ0) is 28.3. The largest absolute Gasteiger partial charge is 0.490 e. The van der Waals surface area contributed by atoms with Gasteiger partial charge in [0.25, 0.3) is 0 Å². The van der Waals surface area contributed by atoms with Crippen molar-refractivity contribution in [3.63, 3.8) is 0 Å². The number of anilines is 2. The second-order valence-corrected chi connectivity index (χ2v) is 11.4. The molecular weight excluding hydrogens is 518 g/mol. The Balaban J connectivity index is 1.29. The van der Waals surface area contributed by atoms with Gasteiger partial charge in [0.1, 0.15) is 24.8 Å². The van der Waals surface area contributed by atoms with Crippen LogP contribution in [0.5, 0.6) is 11.8 Å². The van der Waals surface area contributed by atoms with Gasteiger partial charge in [-0.1, -0.05) is 18.7 Å². The van der Waals surface area contributed by atoms with Crippen molar-refractivity contribution in [2.45, 2.75) is 56.7 Å². The van der Waals surface area contributed by atoms with Crippen molar-refractivity contribution in [2.24, 2.45) is 0 Å². The average Bonchev–Trinajstić information content (AvgIpc) is 3.43. The molecule has 1 aromatic carbocycles. The highest BCUT2D eigenvalue weighted by Crippen LogP contribution is 2.38. The molecule has 3 atom stereocenters. The number of piperazine rings is 1. The number of aromatic nitrogens is 2. The van der Waals surface area contributed by atoms with Crippen LogP contribution in [-0.2, 0) is 17.6 Å². The molecule has 4 aliphatic rings. The first-order chi connectivity index (χ1) is 20.1. The van der Waals surface area contributed by atoms with E-state index < -0.39 is 0 Å². The number of hydrogen-bond donors (Lipinski definition) is 0. The van der Waals surface area contributed by atoms with Crippen molar-refractivity contribution in [2.75, 3.05) is 62.8 Å². The number of likely N-dealkylation sites (N-methyl/N-ethyl adjacent to an activating group) is 1. The van der Waals surface area contributed by atoms with Crippen molar-refractivity contribution >= 4 is 17.4 Å². The van der Waals surface area contributed by atoms with Crippen LogP contribution in [0.2, 0.25) is 0 Å². The lowest BCUT2D eigenvalue weighted by Gasteiger charge is -2.43. The number of benzene rings is 1. The lowest BCUT2D eigenvalue weighted by atomic mass is 9.90. The fourth-order valence-corrected chi connectivity index (χ4v) is 6.81. The fraction of sp³-hybridized carbons (Fsp3) is 0.548. The first-order valence-electron chi connectivity index (χ1n) is 14.8. The third-order valence-electron chi connectivity index (χ3n) is 9.06. The van der Waals surface area contributed by atoms with E-state index >= 15 is 0 Å². The Morgan fingerprint density at radius 2 is 2.07 bits per heavy atom. The summed E-state index contributed by atoms with van der Waals surface area (Å²) in [5.41, 5.74) is 3.34. The fourth-order valence-electron chi connectivity index (χ4n) is 6.81. The molecule has 216 valence electrons. The number of hydrogen-bond acceptors (Lipinski definition) is 9. The van der Waals surface area contributed by atoms with Gasteiger partial charge in [-0.2, -0.15) is 15.2 Å². The van der Waals surface area contributed by atoms with E-state index in [4.69, 9.17) is 19.4 Å². The van der Waals surface area contributed by atoms with Gasteiger partial charge in [-0.15, -0.1) is 0 Å². The van der Waals surface area contributed by atoms with Gasteiger partial charge < -0.3 is 29.1 Å². The van der Waals surface area contributed by atoms with Crippen LogP contribution in [0.25, 0.3) is 0 Å². The quantitative estimate of drug-likeness (QED) is 0.476. The molecule has 0 saturated carbocycles. The van der Waals surface area contributed by atoms with E-state index in [2.05, 4.69) is 46.5 Å². The number of carbonyl (C=O) groups excluding carboxylic acids is 1. The topological polar surface area (TPSA) is 98.1 Å².